The molecule has 0 spiro atoms. The predicted molar refractivity (Wildman–Crippen MR) is 119 cm³/mol. The Morgan fingerprint density at radius 3 is 2.50 bits per heavy atom. The summed E-state index contributed by atoms with van der Waals surface area (Å²) in [4.78, 5) is 21.9. The number of nitrogens with one attached hydrogen (secondary N) is 1. The second-order valence-electron chi connectivity index (χ2n) is 7.61. The van der Waals surface area contributed by atoms with Gasteiger partial charge in [-0.05, 0) is 31.2 Å². The fourth-order valence-electron chi connectivity index (χ4n) is 3.89. The molecule has 30 heavy (non-hydrogen) atoms. The SMILES string of the molecule is CCOc1ccccc1NC(=O)CN1CCN(Cc2nc3ccccc3n2C)CC1. The number of carbonyl (C=O) groups excluding carboxylic acids is 1. The lowest BCUT2D eigenvalue weighted by Gasteiger charge is -2.34. The van der Waals surface area contributed by atoms with Crippen LogP contribution in [-0.4, -0.2) is 64.6 Å². The summed E-state index contributed by atoms with van der Waals surface area (Å²) in [5.74, 6) is 1.78. The predicted octanol–water partition coefficient (Wildman–Crippen LogP) is 2.73. The summed E-state index contributed by atoms with van der Waals surface area (Å²) in [5.41, 5.74) is 2.93. The highest BCUT2D eigenvalue weighted by Gasteiger charge is 2.21. The van der Waals surface area contributed by atoms with E-state index in [-0.39, 0.29) is 5.91 Å². The molecule has 1 aliphatic heterocycles. The van der Waals surface area contributed by atoms with Gasteiger partial charge in [-0.3, -0.25) is 14.6 Å². The van der Waals surface area contributed by atoms with E-state index in [1.54, 1.807) is 0 Å². The van der Waals surface area contributed by atoms with Crippen LogP contribution in [0.3, 0.4) is 0 Å². The van der Waals surface area contributed by atoms with Gasteiger partial charge in [-0.2, -0.15) is 0 Å². The van der Waals surface area contributed by atoms with Crippen LogP contribution in [0.15, 0.2) is 48.5 Å². The van der Waals surface area contributed by atoms with Gasteiger partial charge in [-0.1, -0.05) is 24.3 Å². The van der Waals surface area contributed by atoms with Gasteiger partial charge in [0, 0.05) is 33.2 Å². The van der Waals surface area contributed by atoms with E-state index < -0.39 is 0 Å². The van der Waals surface area contributed by atoms with Gasteiger partial charge in [-0.15, -0.1) is 0 Å². The topological polar surface area (TPSA) is 62.6 Å². The molecule has 1 aliphatic rings. The van der Waals surface area contributed by atoms with Gasteiger partial charge in [0.05, 0.1) is 36.4 Å². The lowest BCUT2D eigenvalue weighted by molar-refractivity contribution is -0.117. The normalized spacial score (nSPS) is 15.4. The summed E-state index contributed by atoms with van der Waals surface area (Å²) in [6, 6.07) is 15.8. The van der Waals surface area contributed by atoms with Gasteiger partial charge in [0.1, 0.15) is 11.6 Å². The number of aromatic nitrogens is 2. The van der Waals surface area contributed by atoms with Gasteiger partial charge in [0.15, 0.2) is 0 Å². The smallest absolute Gasteiger partial charge is 0.238 e. The van der Waals surface area contributed by atoms with Gasteiger partial charge >= 0.3 is 0 Å². The summed E-state index contributed by atoms with van der Waals surface area (Å²) >= 11 is 0. The zero-order chi connectivity index (χ0) is 20.9. The molecule has 1 aromatic heterocycles. The molecule has 2 aromatic carbocycles. The van der Waals surface area contributed by atoms with Crippen LogP contribution < -0.4 is 10.1 Å². The molecule has 0 atom stereocenters. The highest BCUT2D eigenvalue weighted by Crippen LogP contribution is 2.23. The molecule has 0 saturated carbocycles. The first-order valence-electron chi connectivity index (χ1n) is 10.5. The summed E-state index contributed by atoms with van der Waals surface area (Å²) in [7, 11) is 2.07. The second kappa shape index (κ2) is 9.28. The number of ether oxygens (including phenoxy) is 1. The van der Waals surface area contributed by atoms with Crippen LogP contribution in [-0.2, 0) is 18.4 Å². The number of rotatable bonds is 7. The van der Waals surface area contributed by atoms with E-state index in [0.717, 1.165) is 55.3 Å². The summed E-state index contributed by atoms with van der Waals surface area (Å²) in [6.07, 6.45) is 0. The monoisotopic (exact) mass is 407 g/mol. The number of benzene rings is 2. The third-order valence-electron chi connectivity index (χ3n) is 5.54. The highest BCUT2D eigenvalue weighted by molar-refractivity contribution is 5.93. The molecule has 0 aliphatic carbocycles. The van der Waals surface area contributed by atoms with Gasteiger partial charge in [0.2, 0.25) is 5.91 Å². The van der Waals surface area contributed by atoms with E-state index in [0.29, 0.717) is 18.9 Å². The Hall–Kier alpha value is -2.90. The average Bonchev–Trinajstić information content (AvgIpc) is 3.07. The summed E-state index contributed by atoms with van der Waals surface area (Å²) in [6.45, 7) is 7.30. The quantitative estimate of drug-likeness (QED) is 0.653. The molecule has 2 heterocycles. The average molecular weight is 408 g/mol. The highest BCUT2D eigenvalue weighted by atomic mass is 16.5. The van der Waals surface area contributed by atoms with Crippen molar-refractivity contribution in [3.05, 3.63) is 54.4 Å². The molecule has 0 radical (unpaired) electrons. The van der Waals surface area contributed by atoms with Crippen molar-refractivity contribution in [2.75, 3.05) is 44.6 Å². The maximum absolute atomic E-state index is 12.5. The summed E-state index contributed by atoms with van der Waals surface area (Å²) in [5, 5.41) is 2.98. The van der Waals surface area contributed by atoms with Crippen molar-refractivity contribution in [3.63, 3.8) is 0 Å². The van der Waals surface area contributed by atoms with Crippen LogP contribution in [0.4, 0.5) is 5.69 Å². The van der Waals surface area contributed by atoms with Crippen LogP contribution in [0.25, 0.3) is 11.0 Å². The maximum Gasteiger partial charge on any atom is 0.238 e. The van der Waals surface area contributed by atoms with E-state index in [9.17, 15) is 4.79 Å². The van der Waals surface area contributed by atoms with Crippen LogP contribution in [0.2, 0.25) is 0 Å². The Labute approximate surface area is 177 Å². The van der Waals surface area contributed by atoms with E-state index in [4.69, 9.17) is 9.72 Å². The third kappa shape index (κ3) is 4.63. The zero-order valence-corrected chi connectivity index (χ0v) is 17.7. The number of amides is 1. The molecule has 0 bridgehead atoms. The minimum absolute atomic E-state index is 0.00838. The molecule has 3 aromatic rings. The zero-order valence-electron chi connectivity index (χ0n) is 17.7. The second-order valence-corrected chi connectivity index (χ2v) is 7.61. The number of hydrogen-bond acceptors (Lipinski definition) is 5. The maximum atomic E-state index is 12.5. The molecule has 7 heteroatoms. The molecule has 7 nitrogen and oxygen atoms in total. The van der Waals surface area contributed by atoms with Crippen molar-refractivity contribution < 1.29 is 9.53 Å². The van der Waals surface area contributed by atoms with Crippen LogP contribution in [0.1, 0.15) is 12.7 Å². The molecular formula is C23H29N5O2. The van der Waals surface area contributed by atoms with Crippen molar-refractivity contribution in [1.82, 2.24) is 19.4 Å². The number of piperazine rings is 1. The van der Waals surface area contributed by atoms with Crippen LogP contribution >= 0.6 is 0 Å². The molecule has 1 saturated heterocycles. The number of carbonyl (C=O) groups is 1. The molecule has 1 amide bonds. The van der Waals surface area contributed by atoms with Crippen molar-refractivity contribution in [2.45, 2.75) is 13.5 Å². The molecular weight excluding hydrogens is 378 g/mol. The Balaban J connectivity index is 1.28. The standard InChI is InChI=1S/C23H29N5O2/c1-3-30-21-11-7-5-9-19(21)25-23(29)17-28-14-12-27(13-15-28)16-22-24-18-8-4-6-10-20(18)26(22)2/h4-11H,3,12-17H2,1-2H3,(H,25,29). The molecule has 1 N–H and O–H groups in total. The number of nitrogens with zero attached hydrogens (tertiary/aromatic N) is 4. The van der Waals surface area contributed by atoms with Gasteiger partial charge < -0.3 is 14.6 Å². The third-order valence-corrected chi connectivity index (χ3v) is 5.54. The fourth-order valence-corrected chi connectivity index (χ4v) is 3.89. The van der Waals surface area contributed by atoms with Gasteiger partial charge in [0.25, 0.3) is 0 Å². The molecule has 4 rings (SSSR count). The largest absolute Gasteiger partial charge is 0.492 e. The van der Waals surface area contributed by atoms with Crippen LogP contribution in [0, 0.1) is 0 Å². The van der Waals surface area contributed by atoms with E-state index >= 15 is 0 Å². The molecule has 0 unspecified atom stereocenters. The van der Waals surface area contributed by atoms with Crippen molar-refractivity contribution in [1.29, 1.82) is 0 Å². The number of hydrogen-bond donors (Lipinski definition) is 1. The van der Waals surface area contributed by atoms with E-state index in [1.165, 1.54) is 0 Å². The van der Waals surface area contributed by atoms with Crippen molar-refractivity contribution >= 4 is 22.6 Å². The van der Waals surface area contributed by atoms with Crippen LogP contribution in [0.5, 0.6) is 5.75 Å². The lowest BCUT2D eigenvalue weighted by atomic mass is 10.2. The molecule has 158 valence electrons. The van der Waals surface area contributed by atoms with Gasteiger partial charge in [-0.25, -0.2) is 4.98 Å². The van der Waals surface area contributed by atoms with E-state index in [2.05, 4.69) is 38.9 Å². The number of fused-ring (bicyclic) bond motifs is 1. The Bertz CT molecular complexity index is 1010. The van der Waals surface area contributed by atoms with Crippen molar-refractivity contribution in [3.8, 4) is 5.75 Å². The number of para-hydroxylation sites is 4. The first kappa shape index (κ1) is 20.4. The number of aryl methyl sites for hydroxylation is 1. The minimum Gasteiger partial charge on any atom is -0.492 e. The summed E-state index contributed by atoms with van der Waals surface area (Å²) < 4.78 is 7.76. The Morgan fingerprint density at radius 1 is 1.03 bits per heavy atom. The Kier molecular flexibility index (Phi) is 6.30. The number of anilines is 1. The fraction of sp³-hybridized carbons (Fsp3) is 0.391. The minimum atomic E-state index is -0.00838. The lowest BCUT2D eigenvalue weighted by Crippen LogP contribution is -2.48. The molecule has 1 fully saturated rings. The van der Waals surface area contributed by atoms with Crippen molar-refractivity contribution in [2.24, 2.45) is 7.05 Å². The first-order valence-corrected chi connectivity index (χ1v) is 10.5. The first-order chi connectivity index (χ1) is 14.6. The Morgan fingerprint density at radius 2 is 1.73 bits per heavy atom. The van der Waals surface area contributed by atoms with E-state index in [1.807, 2.05) is 43.3 Å². The number of imidazole rings is 1.